The van der Waals surface area contributed by atoms with Gasteiger partial charge in [-0.1, -0.05) is 10.3 Å². The van der Waals surface area contributed by atoms with Crippen LogP contribution in [0.4, 0.5) is 0 Å². The maximum atomic E-state index is 7.90. The molecule has 1 N–H and O–H groups in total. The van der Waals surface area contributed by atoms with Crippen LogP contribution in [0.3, 0.4) is 0 Å². The average Bonchev–Trinajstić information content (AvgIpc) is 1.68. The molecule has 0 heterocycles. The third-order valence-corrected chi connectivity index (χ3v) is 0.480. The van der Waals surface area contributed by atoms with Gasteiger partial charge in [-0.2, -0.15) is 0 Å². The zero-order valence-corrected chi connectivity index (χ0v) is 8.57. The summed E-state index contributed by atoms with van der Waals surface area (Å²) >= 11 is 0. The van der Waals surface area contributed by atoms with Crippen molar-refractivity contribution in [1.29, 1.82) is 0 Å². The Morgan fingerprint density at radius 3 is 2.30 bits per heavy atom. The van der Waals surface area contributed by atoms with Crippen LogP contribution in [-0.4, -0.2) is 24.2 Å². The largest absolute Gasteiger partial charge is 0.411 e. The second kappa shape index (κ2) is 12.0. The molecule has 0 aromatic heterocycles. The fraction of sp³-hybridized carbons (Fsp3) is 0.500. The van der Waals surface area contributed by atoms with Crippen LogP contribution in [0.1, 0.15) is 6.92 Å². The summed E-state index contributed by atoms with van der Waals surface area (Å²) in [5, 5.41) is 14.0. The Hall–Kier alpha value is 0.265. The fourth-order valence-corrected chi connectivity index (χ4v) is 0.251. The van der Waals surface area contributed by atoms with Gasteiger partial charge in [0.1, 0.15) is 7.11 Å². The zero-order chi connectivity index (χ0) is 6.41. The van der Waals surface area contributed by atoms with E-state index in [0.717, 1.165) is 0 Å². The molecule has 0 aliphatic rings. The maximum absolute atomic E-state index is 7.90. The summed E-state index contributed by atoms with van der Waals surface area (Å²) in [5.74, 6) is 0. The first-order valence-electron chi connectivity index (χ1n) is 2.06. The molecule has 0 bridgehead atoms. The van der Waals surface area contributed by atoms with Crippen LogP contribution in [0, 0.1) is 0 Å². The monoisotopic (exact) mass is 328 g/mol. The Labute approximate surface area is 87.0 Å². The van der Waals surface area contributed by atoms with E-state index in [-0.39, 0.29) is 40.8 Å². The molecular formula is C4H8N2O2Pd2. The summed E-state index contributed by atoms with van der Waals surface area (Å²) in [7, 11) is 1.43. The van der Waals surface area contributed by atoms with Gasteiger partial charge in [0.15, 0.2) is 0 Å². The molecule has 0 aromatic rings. The molecule has 66 valence electrons. The Morgan fingerprint density at radius 1 is 1.50 bits per heavy atom. The average molecular weight is 329 g/mol. The molecule has 0 saturated carbocycles. The van der Waals surface area contributed by atoms with Crippen molar-refractivity contribution in [3.8, 4) is 0 Å². The second-order valence-electron chi connectivity index (χ2n) is 1.16. The van der Waals surface area contributed by atoms with E-state index in [4.69, 9.17) is 5.21 Å². The van der Waals surface area contributed by atoms with E-state index in [1.54, 1.807) is 6.92 Å². The fourth-order valence-electron chi connectivity index (χ4n) is 0.251. The molecular weight excluding hydrogens is 321 g/mol. The Kier molecular flexibility index (Phi) is 20.0. The van der Waals surface area contributed by atoms with Crippen molar-refractivity contribution in [1.82, 2.24) is 0 Å². The van der Waals surface area contributed by atoms with Crippen LogP contribution in [-0.2, 0) is 45.7 Å². The topological polar surface area (TPSA) is 54.2 Å². The summed E-state index contributed by atoms with van der Waals surface area (Å²) in [6.45, 7) is 1.66. The van der Waals surface area contributed by atoms with E-state index >= 15 is 0 Å². The quantitative estimate of drug-likeness (QED) is 0.346. The van der Waals surface area contributed by atoms with E-state index in [9.17, 15) is 0 Å². The van der Waals surface area contributed by atoms with E-state index in [1.807, 2.05) is 0 Å². The summed E-state index contributed by atoms with van der Waals surface area (Å²) in [6, 6.07) is 0. The van der Waals surface area contributed by atoms with Crippen molar-refractivity contribution in [2.75, 3.05) is 7.11 Å². The minimum Gasteiger partial charge on any atom is -0.411 e. The van der Waals surface area contributed by atoms with E-state index in [0.29, 0.717) is 5.71 Å². The van der Waals surface area contributed by atoms with Crippen LogP contribution in [0.25, 0.3) is 0 Å². The predicted molar refractivity (Wildman–Crippen MR) is 30.4 cm³/mol. The molecule has 10 heavy (non-hydrogen) atoms. The van der Waals surface area contributed by atoms with Crippen LogP contribution in [0.5, 0.6) is 0 Å². The molecule has 4 nitrogen and oxygen atoms in total. The second-order valence-corrected chi connectivity index (χ2v) is 1.16. The van der Waals surface area contributed by atoms with Crippen molar-refractivity contribution < 1.29 is 50.9 Å². The first-order chi connectivity index (χ1) is 3.81. The van der Waals surface area contributed by atoms with Gasteiger partial charge in [-0.05, 0) is 6.92 Å². The number of oxime groups is 2. The molecule has 0 atom stereocenters. The van der Waals surface area contributed by atoms with E-state index in [2.05, 4.69) is 15.1 Å². The maximum Gasteiger partial charge on any atom is 0.106 e. The van der Waals surface area contributed by atoms with Gasteiger partial charge in [-0.15, -0.1) is 0 Å². The van der Waals surface area contributed by atoms with Crippen LogP contribution < -0.4 is 0 Å². The summed E-state index contributed by atoms with van der Waals surface area (Å²) in [4.78, 5) is 4.34. The standard InChI is InChI=1S/C4H8N2O2.2Pd/c1-4(3-5-7)6-8-2;;/h3,7H,1-2H3;;. The van der Waals surface area contributed by atoms with Gasteiger partial charge >= 0.3 is 0 Å². The molecule has 0 rings (SSSR count). The van der Waals surface area contributed by atoms with Gasteiger partial charge in [0, 0.05) is 40.8 Å². The van der Waals surface area contributed by atoms with Crippen molar-refractivity contribution >= 4 is 11.9 Å². The number of hydrogen-bond donors (Lipinski definition) is 1. The van der Waals surface area contributed by atoms with Crippen LogP contribution in [0.15, 0.2) is 10.3 Å². The molecule has 0 aliphatic heterocycles. The molecule has 0 spiro atoms. The van der Waals surface area contributed by atoms with Crippen molar-refractivity contribution in [3.63, 3.8) is 0 Å². The summed E-state index contributed by atoms with van der Waals surface area (Å²) < 4.78 is 0. The van der Waals surface area contributed by atoms with E-state index < -0.39 is 0 Å². The smallest absolute Gasteiger partial charge is 0.106 e. The Balaban J connectivity index is -0.000000245. The molecule has 0 aromatic carbocycles. The third kappa shape index (κ3) is 11.1. The van der Waals surface area contributed by atoms with Crippen LogP contribution in [0.2, 0.25) is 0 Å². The predicted octanol–water partition coefficient (Wildman–Crippen LogP) is 0.464. The number of hydrogen-bond acceptors (Lipinski definition) is 4. The van der Waals surface area contributed by atoms with Gasteiger partial charge in [-0.25, -0.2) is 0 Å². The first kappa shape index (κ1) is 16.7. The van der Waals surface area contributed by atoms with Crippen molar-refractivity contribution in [2.45, 2.75) is 6.92 Å². The zero-order valence-electron chi connectivity index (χ0n) is 5.46. The van der Waals surface area contributed by atoms with Crippen LogP contribution >= 0.6 is 0 Å². The molecule has 0 aliphatic carbocycles. The minimum atomic E-state index is 0. The van der Waals surface area contributed by atoms with Crippen molar-refractivity contribution in [2.24, 2.45) is 10.3 Å². The van der Waals surface area contributed by atoms with E-state index in [1.165, 1.54) is 13.3 Å². The first-order valence-corrected chi connectivity index (χ1v) is 2.06. The molecule has 0 unspecified atom stereocenters. The van der Waals surface area contributed by atoms with Gasteiger partial charge in [0.2, 0.25) is 0 Å². The van der Waals surface area contributed by atoms with Gasteiger partial charge in [-0.3, -0.25) is 0 Å². The Bertz CT molecular complexity index is 116. The van der Waals surface area contributed by atoms with Gasteiger partial charge in [0.05, 0.1) is 11.9 Å². The molecule has 0 saturated heterocycles. The van der Waals surface area contributed by atoms with Gasteiger partial charge < -0.3 is 10.0 Å². The molecule has 0 fully saturated rings. The number of nitrogens with zero attached hydrogens (tertiary/aromatic N) is 2. The Morgan fingerprint density at radius 2 is 2.00 bits per heavy atom. The summed E-state index contributed by atoms with van der Waals surface area (Å²) in [6.07, 6.45) is 1.18. The molecule has 0 radical (unpaired) electrons. The normalized spacial score (nSPS) is 10.0. The molecule has 0 amide bonds. The van der Waals surface area contributed by atoms with Crippen molar-refractivity contribution in [3.05, 3.63) is 0 Å². The van der Waals surface area contributed by atoms with Gasteiger partial charge in [0.25, 0.3) is 0 Å². The SMILES string of the molecule is CON=C(C)C=NO.[Pd].[Pd]. The molecule has 6 heteroatoms. The third-order valence-electron chi connectivity index (χ3n) is 0.480. The minimum absolute atomic E-state index is 0. The number of rotatable bonds is 2. The summed E-state index contributed by atoms with van der Waals surface area (Å²) in [5.41, 5.74) is 0.523.